The van der Waals surface area contributed by atoms with Gasteiger partial charge in [0.25, 0.3) is 17.7 Å². The molecule has 57 heavy (non-hydrogen) atoms. The van der Waals surface area contributed by atoms with E-state index in [1.807, 2.05) is 31.2 Å². The quantitative estimate of drug-likeness (QED) is 0.124. The number of amides is 6. The Labute approximate surface area is 331 Å². The zero-order valence-corrected chi connectivity index (χ0v) is 32.6. The van der Waals surface area contributed by atoms with Gasteiger partial charge in [-0.1, -0.05) is 52.0 Å². The van der Waals surface area contributed by atoms with Crippen molar-refractivity contribution < 1.29 is 33.9 Å². The Bertz CT molecular complexity index is 2290. The van der Waals surface area contributed by atoms with Gasteiger partial charge in [0.1, 0.15) is 17.3 Å². The highest BCUT2D eigenvalue weighted by atomic mass is 16.3. The Hall–Kier alpha value is -6.11. The second-order valence-corrected chi connectivity index (χ2v) is 16.2. The van der Waals surface area contributed by atoms with Crippen molar-refractivity contribution >= 4 is 52.0 Å². The van der Waals surface area contributed by atoms with E-state index in [-0.39, 0.29) is 59.0 Å². The molecule has 2 aliphatic heterocycles. The molecule has 2 atom stereocenters. The third kappa shape index (κ3) is 7.83. The van der Waals surface area contributed by atoms with Gasteiger partial charge in [-0.05, 0) is 91.5 Å². The Morgan fingerprint density at radius 2 is 1.67 bits per heavy atom. The maximum absolute atomic E-state index is 13.8. The molecule has 2 unspecified atom stereocenters. The van der Waals surface area contributed by atoms with E-state index < -0.39 is 35.7 Å². The highest BCUT2D eigenvalue weighted by Crippen LogP contribution is 2.41. The van der Waals surface area contributed by atoms with Crippen LogP contribution in [0.25, 0.3) is 10.9 Å². The third-order valence-electron chi connectivity index (χ3n) is 11.2. The van der Waals surface area contributed by atoms with E-state index in [1.54, 1.807) is 42.6 Å². The first kappa shape index (κ1) is 39.1. The number of hydrogen-bond acceptors (Lipinski definition) is 9. The summed E-state index contributed by atoms with van der Waals surface area (Å²) in [6, 6.07) is 15.9. The summed E-state index contributed by atoms with van der Waals surface area (Å²) in [5.41, 5.74) is 3.62. The standard InChI is InChI=1S/C44H48N6O7/c1-5-9-34(51)48-37(30-23-31(44(2,3)4)28-13-8-21-45-38(28)39(30)53)24-10-6-11-25(22-24)40(54)47-27-17-15-26(16-18-27)46-32-14-7-12-29-36(32)43(57)50(42(29)56)33-19-20-35(52)49-41(33)55/h6-8,10-14,21-23,26-27,33,37,46,53H,5,9,15-20H2,1-4H3,(H,47,54)(H,48,51)(H,49,52,55). The molecule has 3 heterocycles. The third-order valence-corrected chi connectivity index (χ3v) is 11.2. The number of rotatable bonds is 10. The molecule has 0 spiro atoms. The molecule has 3 aromatic carbocycles. The van der Waals surface area contributed by atoms with Gasteiger partial charge in [-0.3, -0.25) is 44.0 Å². The lowest BCUT2D eigenvalue weighted by Gasteiger charge is -2.31. The van der Waals surface area contributed by atoms with E-state index in [0.717, 1.165) is 15.8 Å². The number of aromatic hydroxyl groups is 1. The monoisotopic (exact) mass is 772 g/mol. The van der Waals surface area contributed by atoms with Crippen LogP contribution in [0.5, 0.6) is 5.75 Å². The smallest absolute Gasteiger partial charge is 0.264 e. The van der Waals surface area contributed by atoms with Crippen LogP contribution >= 0.6 is 0 Å². The van der Waals surface area contributed by atoms with Gasteiger partial charge in [-0.15, -0.1) is 0 Å². The first-order valence-electron chi connectivity index (χ1n) is 19.7. The number of imide groups is 2. The Morgan fingerprint density at radius 1 is 0.930 bits per heavy atom. The maximum atomic E-state index is 13.8. The van der Waals surface area contributed by atoms with Crippen molar-refractivity contribution in [1.82, 2.24) is 25.8 Å². The molecule has 296 valence electrons. The average Bonchev–Trinajstić information content (AvgIpc) is 3.44. The van der Waals surface area contributed by atoms with Crippen LogP contribution in [0, 0.1) is 0 Å². The number of hydrogen-bond donors (Lipinski definition) is 5. The van der Waals surface area contributed by atoms with Gasteiger partial charge in [0.2, 0.25) is 17.7 Å². The van der Waals surface area contributed by atoms with Crippen molar-refractivity contribution in [3.63, 3.8) is 0 Å². The minimum atomic E-state index is -1.04. The number of nitrogens with zero attached hydrogens (tertiary/aromatic N) is 2. The van der Waals surface area contributed by atoms with Gasteiger partial charge in [-0.25, -0.2) is 0 Å². The lowest BCUT2D eigenvalue weighted by atomic mass is 9.81. The molecule has 1 saturated heterocycles. The van der Waals surface area contributed by atoms with E-state index in [4.69, 9.17) is 0 Å². The fourth-order valence-electron chi connectivity index (χ4n) is 8.26. The molecule has 1 aliphatic carbocycles. The number of carbonyl (C=O) groups is 6. The fourth-order valence-corrected chi connectivity index (χ4v) is 8.26. The SMILES string of the molecule is CCCC(=O)NC(c1cccc(C(=O)NC2CCC(Nc3cccc4c3C(=O)N(C3CCC(=O)NC3=O)C4=O)CC2)c1)c1cc(C(C)(C)C)c2cccnc2c1O. The Balaban J connectivity index is 1.05. The summed E-state index contributed by atoms with van der Waals surface area (Å²) in [6.45, 7) is 8.19. The number of benzene rings is 3. The first-order chi connectivity index (χ1) is 27.2. The van der Waals surface area contributed by atoms with Crippen LogP contribution in [-0.2, 0) is 19.8 Å². The zero-order valence-electron chi connectivity index (χ0n) is 32.6. The summed E-state index contributed by atoms with van der Waals surface area (Å²) >= 11 is 0. The second-order valence-electron chi connectivity index (χ2n) is 16.2. The minimum Gasteiger partial charge on any atom is -0.505 e. The Kier molecular flexibility index (Phi) is 10.8. The van der Waals surface area contributed by atoms with Gasteiger partial charge in [0.05, 0.1) is 17.2 Å². The molecule has 0 bridgehead atoms. The molecule has 6 amide bonds. The summed E-state index contributed by atoms with van der Waals surface area (Å²) in [5.74, 6) is -2.67. The molecule has 4 aromatic rings. The minimum absolute atomic E-state index is 0.0244. The summed E-state index contributed by atoms with van der Waals surface area (Å²) < 4.78 is 0. The van der Waals surface area contributed by atoms with Gasteiger partial charge in [0, 0.05) is 53.3 Å². The van der Waals surface area contributed by atoms with Crippen molar-refractivity contribution in [2.75, 3.05) is 5.32 Å². The summed E-state index contributed by atoms with van der Waals surface area (Å²) in [7, 11) is 0. The number of aromatic nitrogens is 1. The second kappa shape index (κ2) is 15.8. The molecular weight excluding hydrogens is 725 g/mol. The summed E-state index contributed by atoms with van der Waals surface area (Å²) in [6.07, 6.45) is 5.40. The predicted octanol–water partition coefficient (Wildman–Crippen LogP) is 5.80. The molecule has 13 nitrogen and oxygen atoms in total. The van der Waals surface area contributed by atoms with Gasteiger partial charge in [-0.2, -0.15) is 0 Å². The predicted molar refractivity (Wildman–Crippen MR) is 214 cm³/mol. The molecule has 1 saturated carbocycles. The molecule has 2 fully saturated rings. The van der Waals surface area contributed by atoms with Crippen LogP contribution in [0.1, 0.15) is 133 Å². The van der Waals surface area contributed by atoms with E-state index in [9.17, 15) is 33.9 Å². The van der Waals surface area contributed by atoms with Gasteiger partial charge in [0.15, 0.2) is 0 Å². The summed E-state index contributed by atoms with van der Waals surface area (Å²) in [4.78, 5) is 83.4. The first-order valence-corrected chi connectivity index (χ1v) is 19.7. The van der Waals surface area contributed by atoms with Crippen LogP contribution in [-0.4, -0.2) is 68.6 Å². The number of anilines is 1. The molecule has 0 radical (unpaired) electrons. The van der Waals surface area contributed by atoms with Crippen molar-refractivity contribution in [1.29, 1.82) is 0 Å². The molecular formula is C44H48N6O7. The number of pyridine rings is 1. The number of piperidine rings is 1. The van der Waals surface area contributed by atoms with Crippen molar-refractivity contribution in [2.45, 2.75) is 109 Å². The number of phenols is 1. The highest BCUT2D eigenvalue weighted by molar-refractivity contribution is 6.25. The Morgan fingerprint density at radius 3 is 2.39 bits per heavy atom. The molecule has 7 rings (SSSR count). The number of nitrogens with one attached hydrogen (secondary N) is 4. The normalized spacial score (nSPS) is 20.2. The summed E-state index contributed by atoms with van der Waals surface area (Å²) in [5, 5.41) is 24.4. The van der Waals surface area contributed by atoms with Crippen LogP contribution in [0.3, 0.4) is 0 Å². The molecule has 5 N–H and O–H groups in total. The molecule has 13 heteroatoms. The van der Waals surface area contributed by atoms with Crippen molar-refractivity contribution in [3.8, 4) is 5.75 Å². The number of fused-ring (bicyclic) bond motifs is 2. The van der Waals surface area contributed by atoms with Gasteiger partial charge >= 0.3 is 0 Å². The maximum Gasteiger partial charge on any atom is 0.264 e. The fraction of sp³-hybridized carbons (Fsp3) is 0.386. The van der Waals surface area contributed by atoms with Gasteiger partial charge < -0.3 is 21.1 Å². The van der Waals surface area contributed by atoms with E-state index >= 15 is 0 Å². The van der Waals surface area contributed by atoms with E-state index in [2.05, 4.69) is 47.0 Å². The van der Waals surface area contributed by atoms with Crippen LogP contribution in [0.2, 0.25) is 0 Å². The van der Waals surface area contributed by atoms with E-state index in [0.29, 0.717) is 66.4 Å². The zero-order chi connectivity index (χ0) is 40.6. The average molecular weight is 773 g/mol. The lowest BCUT2D eigenvalue weighted by Crippen LogP contribution is -2.54. The van der Waals surface area contributed by atoms with Crippen LogP contribution < -0.4 is 21.3 Å². The van der Waals surface area contributed by atoms with Crippen LogP contribution in [0.4, 0.5) is 5.69 Å². The number of phenolic OH excluding ortho intramolecular Hbond substituents is 1. The lowest BCUT2D eigenvalue weighted by molar-refractivity contribution is -0.136. The molecule has 1 aromatic heterocycles. The van der Waals surface area contributed by atoms with Crippen LogP contribution in [0.15, 0.2) is 66.9 Å². The highest BCUT2D eigenvalue weighted by Gasteiger charge is 2.46. The number of carbonyl (C=O) groups excluding carboxylic acids is 6. The van der Waals surface area contributed by atoms with Crippen molar-refractivity contribution in [2.24, 2.45) is 0 Å². The topological polar surface area (TPSA) is 187 Å². The van der Waals surface area contributed by atoms with Crippen molar-refractivity contribution in [3.05, 3.63) is 100 Å². The van der Waals surface area contributed by atoms with E-state index in [1.165, 1.54) is 0 Å². The largest absolute Gasteiger partial charge is 0.505 e. The molecule has 3 aliphatic rings.